The molecule has 2 atom stereocenters. The molecule has 0 aromatic heterocycles. The SMILES string of the molecule is CCOC(=O)C1CCC(C#N)N1. The van der Waals surface area contributed by atoms with Crippen LogP contribution in [-0.4, -0.2) is 24.7 Å². The quantitative estimate of drug-likeness (QED) is 0.598. The number of nitrogens with one attached hydrogen (secondary N) is 1. The van der Waals surface area contributed by atoms with Crippen molar-refractivity contribution in [3.8, 4) is 6.07 Å². The fourth-order valence-corrected chi connectivity index (χ4v) is 1.27. The van der Waals surface area contributed by atoms with Gasteiger partial charge in [-0.25, -0.2) is 0 Å². The van der Waals surface area contributed by atoms with Crippen molar-refractivity contribution in [1.29, 1.82) is 5.26 Å². The minimum Gasteiger partial charge on any atom is -0.465 e. The summed E-state index contributed by atoms with van der Waals surface area (Å²) in [6.07, 6.45) is 1.44. The summed E-state index contributed by atoms with van der Waals surface area (Å²) >= 11 is 0. The summed E-state index contributed by atoms with van der Waals surface area (Å²) in [6, 6.07) is 1.62. The van der Waals surface area contributed by atoms with Crippen LogP contribution in [-0.2, 0) is 9.53 Å². The van der Waals surface area contributed by atoms with Crippen LogP contribution in [0.4, 0.5) is 0 Å². The first-order chi connectivity index (χ1) is 5.77. The maximum atomic E-state index is 11.1. The van der Waals surface area contributed by atoms with Crippen LogP contribution in [0.3, 0.4) is 0 Å². The Bertz CT molecular complexity index is 210. The Morgan fingerprint density at radius 1 is 1.75 bits per heavy atom. The van der Waals surface area contributed by atoms with E-state index in [1.54, 1.807) is 6.92 Å². The highest BCUT2D eigenvalue weighted by Crippen LogP contribution is 2.12. The van der Waals surface area contributed by atoms with Gasteiger partial charge in [-0.2, -0.15) is 5.26 Å². The maximum Gasteiger partial charge on any atom is 0.323 e. The van der Waals surface area contributed by atoms with E-state index in [4.69, 9.17) is 10.00 Å². The molecular weight excluding hydrogens is 156 g/mol. The molecule has 0 aromatic rings. The Labute approximate surface area is 71.5 Å². The molecule has 0 radical (unpaired) electrons. The lowest BCUT2D eigenvalue weighted by atomic mass is 10.2. The number of hydrogen-bond donors (Lipinski definition) is 1. The van der Waals surface area contributed by atoms with Gasteiger partial charge in [0.2, 0.25) is 0 Å². The van der Waals surface area contributed by atoms with Gasteiger partial charge in [0, 0.05) is 0 Å². The number of carbonyl (C=O) groups excluding carboxylic acids is 1. The largest absolute Gasteiger partial charge is 0.465 e. The molecule has 0 bridgehead atoms. The van der Waals surface area contributed by atoms with E-state index in [1.807, 2.05) is 0 Å². The lowest BCUT2D eigenvalue weighted by Crippen LogP contribution is -2.36. The maximum absolute atomic E-state index is 11.1. The van der Waals surface area contributed by atoms with Crippen molar-refractivity contribution in [3.63, 3.8) is 0 Å². The van der Waals surface area contributed by atoms with E-state index >= 15 is 0 Å². The molecule has 0 aliphatic carbocycles. The average Bonchev–Trinajstić information content (AvgIpc) is 2.52. The second-order valence-electron chi connectivity index (χ2n) is 2.73. The first-order valence-electron chi connectivity index (χ1n) is 4.10. The van der Waals surface area contributed by atoms with E-state index in [2.05, 4.69) is 11.4 Å². The van der Waals surface area contributed by atoms with Gasteiger partial charge in [0.1, 0.15) is 6.04 Å². The van der Waals surface area contributed by atoms with Crippen molar-refractivity contribution < 1.29 is 9.53 Å². The molecule has 4 heteroatoms. The Balaban J connectivity index is 2.37. The van der Waals surface area contributed by atoms with E-state index in [1.165, 1.54) is 0 Å². The van der Waals surface area contributed by atoms with Gasteiger partial charge in [-0.05, 0) is 19.8 Å². The van der Waals surface area contributed by atoms with Crippen molar-refractivity contribution in [1.82, 2.24) is 5.32 Å². The van der Waals surface area contributed by atoms with Crippen LogP contribution in [0.15, 0.2) is 0 Å². The normalized spacial score (nSPS) is 28.0. The highest BCUT2D eigenvalue weighted by atomic mass is 16.5. The smallest absolute Gasteiger partial charge is 0.323 e. The van der Waals surface area contributed by atoms with E-state index in [0.29, 0.717) is 13.0 Å². The summed E-state index contributed by atoms with van der Waals surface area (Å²) in [6.45, 7) is 2.17. The van der Waals surface area contributed by atoms with Gasteiger partial charge < -0.3 is 4.74 Å². The van der Waals surface area contributed by atoms with E-state index < -0.39 is 0 Å². The predicted molar refractivity (Wildman–Crippen MR) is 42.2 cm³/mol. The van der Waals surface area contributed by atoms with Crippen LogP contribution in [0.25, 0.3) is 0 Å². The summed E-state index contributed by atoms with van der Waals surface area (Å²) in [5.41, 5.74) is 0. The molecule has 0 saturated carbocycles. The van der Waals surface area contributed by atoms with E-state index in [9.17, 15) is 4.79 Å². The molecule has 1 aliphatic heterocycles. The van der Waals surface area contributed by atoms with Gasteiger partial charge in [-0.3, -0.25) is 10.1 Å². The zero-order valence-electron chi connectivity index (χ0n) is 7.04. The molecule has 1 N–H and O–H groups in total. The third-order valence-electron chi connectivity index (χ3n) is 1.87. The summed E-state index contributed by atoms with van der Waals surface area (Å²) in [5.74, 6) is -0.241. The van der Waals surface area contributed by atoms with Crippen molar-refractivity contribution in [3.05, 3.63) is 0 Å². The minimum absolute atomic E-state index is 0.181. The second-order valence-corrected chi connectivity index (χ2v) is 2.73. The van der Waals surface area contributed by atoms with Gasteiger partial charge in [0.25, 0.3) is 0 Å². The molecule has 2 unspecified atom stereocenters. The number of ether oxygens (including phenoxy) is 1. The standard InChI is InChI=1S/C8H12N2O2/c1-2-12-8(11)7-4-3-6(5-9)10-7/h6-7,10H,2-4H2,1H3. The number of nitrogens with zero attached hydrogens (tertiary/aromatic N) is 1. The number of nitriles is 1. The summed E-state index contributed by atoms with van der Waals surface area (Å²) in [7, 11) is 0. The highest BCUT2D eigenvalue weighted by Gasteiger charge is 2.29. The van der Waals surface area contributed by atoms with Gasteiger partial charge in [-0.15, -0.1) is 0 Å². The summed E-state index contributed by atoms with van der Waals surface area (Å²) in [4.78, 5) is 11.1. The van der Waals surface area contributed by atoms with Gasteiger partial charge in [0.05, 0.1) is 18.7 Å². The molecule has 0 spiro atoms. The lowest BCUT2D eigenvalue weighted by Gasteiger charge is -2.08. The summed E-state index contributed by atoms with van der Waals surface area (Å²) < 4.78 is 4.81. The Hall–Kier alpha value is -1.08. The fraction of sp³-hybridized carbons (Fsp3) is 0.750. The van der Waals surface area contributed by atoms with Crippen LogP contribution in [0.2, 0.25) is 0 Å². The van der Waals surface area contributed by atoms with Crippen LogP contribution >= 0.6 is 0 Å². The van der Waals surface area contributed by atoms with Gasteiger partial charge in [0.15, 0.2) is 0 Å². The molecule has 12 heavy (non-hydrogen) atoms. The number of rotatable bonds is 2. The highest BCUT2D eigenvalue weighted by molar-refractivity contribution is 5.76. The molecular formula is C8H12N2O2. The minimum atomic E-state index is -0.269. The molecule has 66 valence electrons. The average molecular weight is 168 g/mol. The molecule has 1 saturated heterocycles. The predicted octanol–water partition coefficient (Wildman–Crippen LogP) is 0.194. The van der Waals surface area contributed by atoms with Crippen molar-refractivity contribution in [2.45, 2.75) is 31.8 Å². The van der Waals surface area contributed by atoms with Crippen LogP contribution in [0.1, 0.15) is 19.8 Å². The van der Waals surface area contributed by atoms with Crippen molar-refractivity contribution in [2.75, 3.05) is 6.61 Å². The molecule has 1 heterocycles. The molecule has 0 aromatic carbocycles. The first-order valence-corrected chi connectivity index (χ1v) is 4.10. The molecule has 1 fully saturated rings. The number of esters is 1. The molecule has 1 aliphatic rings. The Kier molecular flexibility index (Phi) is 3.06. The zero-order chi connectivity index (χ0) is 8.97. The monoisotopic (exact) mass is 168 g/mol. The third-order valence-corrected chi connectivity index (χ3v) is 1.87. The molecule has 1 rings (SSSR count). The summed E-state index contributed by atoms with van der Waals surface area (Å²) in [5, 5.41) is 11.4. The van der Waals surface area contributed by atoms with Crippen molar-refractivity contribution >= 4 is 5.97 Å². The zero-order valence-corrected chi connectivity index (χ0v) is 7.04. The van der Waals surface area contributed by atoms with Gasteiger partial charge >= 0.3 is 5.97 Å². The van der Waals surface area contributed by atoms with Crippen molar-refractivity contribution in [2.24, 2.45) is 0 Å². The Morgan fingerprint density at radius 3 is 3.00 bits per heavy atom. The fourth-order valence-electron chi connectivity index (χ4n) is 1.27. The lowest BCUT2D eigenvalue weighted by molar-refractivity contribution is -0.145. The van der Waals surface area contributed by atoms with Crippen LogP contribution in [0, 0.1) is 11.3 Å². The molecule has 0 amide bonds. The van der Waals surface area contributed by atoms with E-state index in [0.717, 1.165) is 6.42 Å². The Morgan fingerprint density at radius 2 is 2.50 bits per heavy atom. The third kappa shape index (κ3) is 1.95. The second kappa shape index (κ2) is 4.07. The number of hydrogen-bond acceptors (Lipinski definition) is 4. The van der Waals surface area contributed by atoms with Gasteiger partial charge in [-0.1, -0.05) is 0 Å². The van der Waals surface area contributed by atoms with Crippen LogP contribution in [0.5, 0.6) is 0 Å². The van der Waals surface area contributed by atoms with E-state index in [-0.39, 0.29) is 18.1 Å². The van der Waals surface area contributed by atoms with Crippen LogP contribution < -0.4 is 5.32 Å². The number of carbonyl (C=O) groups is 1. The first kappa shape index (κ1) is 9.01. The topological polar surface area (TPSA) is 62.1 Å². The molecule has 4 nitrogen and oxygen atoms in total.